The Balaban J connectivity index is 2.18. The molecule has 2 N–H and O–H groups in total. The second-order valence-electron chi connectivity index (χ2n) is 4.25. The van der Waals surface area contributed by atoms with E-state index in [0.29, 0.717) is 17.5 Å². The molecule has 0 spiro atoms. The Morgan fingerprint density at radius 1 is 1.53 bits per heavy atom. The number of nitrogens with one attached hydrogen (secondary N) is 1. The molecular formula is C12H13NO4. The van der Waals surface area contributed by atoms with Gasteiger partial charge in [-0.05, 0) is 30.0 Å². The number of hydrogen-bond donors (Lipinski definition) is 2. The molecule has 0 saturated carbocycles. The summed E-state index contributed by atoms with van der Waals surface area (Å²) in [6.07, 6.45) is 0.801. The van der Waals surface area contributed by atoms with Crippen LogP contribution < -0.4 is 5.76 Å². The van der Waals surface area contributed by atoms with Crippen molar-refractivity contribution < 1.29 is 14.3 Å². The SMILES string of the molecule is CC(CC(=O)O)Cc1ccc2oc(=O)[nH]c2c1. The summed E-state index contributed by atoms with van der Waals surface area (Å²) in [5.74, 6) is -1.21. The van der Waals surface area contributed by atoms with Crippen LogP contribution in [0.3, 0.4) is 0 Å². The van der Waals surface area contributed by atoms with Crippen LogP contribution in [0.4, 0.5) is 0 Å². The monoisotopic (exact) mass is 235 g/mol. The van der Waals surface area contributed by atoms with E-state index in [1.165, 1.54) is 0 Å². The number of aromatic amines is 1. The zero-order valence-corrected chi connectivity index (χ0v) is 9.40. The van der Waals surface area contributed by atoms with Gasteiger partial charge in [0.2, 0.25) is 0 Å². The number of carboxylic acids is 1. The number of aliphatic carboxylic acids is 1. The number of hydrogen-bond acceptors (Lipinski definition) is 3. The standard InChI is InChI=1S/C12H13NO4/c1-7(5-11(14)15)4-8-2-3-10-9(6-8)13-12(16)17-10/h2-3,6-7H,4-5H2,1H3,(H,13,16)(H,14,15). The van der Waals surface area contributed by atoms with Crippen molar-refractivity contribution in [1.82, 2.24) is 4.98 Å². The molecule has 2 rings (SSSR count). The van der Waals surface area contributed by atoms with Crippen LogP contribution in [0.15, 0.2) is 27.4 Å². The van der Waals surface area contributed by atoms with E-state index in [1.54, 1.807) is 6.07 Å². The number of carbonyl (C=O) groups is 1. The lowest BCUT2D eigenvalue weighted by molar-refractivity contribution is -0.137. The largest absolute Gasteiger partial charge is 0.481 e. The number of H-pyrrole nitrogens is 1. The van der Waals surface area contributed by atoms with Crippen molar-refractivity contribution >= 4 is 17.1 Å². The van der Waals surface area contributed by atoms with Gasteiger partial charge in [-0.3, -0.25) is 9.78 Å². The molecular weight excluding hydrogens is 222 g/mol. The normalized spacial score (nSPS) is 12.8. The van der Waals surface area contributed by atoms with Gasteiger partial charge in [-0.15, -0.1) is 0 Å². The third kappa shape index (κ3) is 2.75. The minimum atomic E-state index is -0.796. The number of carboxylic acid groups (broad SMARTS) is 1. The van der Waals surface area contributed by atoms with Gasteiger partial charge in [-0.25, -0.2) is 4.79 Å². The molecule has 0 radical (unpaired) electrons. The second-order valence-corrected chi connectivity index (χ2v) is 4.25. The van der Waals surface area contributed by atoms with Gasteiger partial charge in [-0.1, -0.05) is 13.0 Å². The molecule has 90 valence electrons. The molecule has 0 aliphatic carbocycles. The summed E-state index contributed by atoms with van der Waals surface area (Å²) in [4.78, 5) is 24.1. The third-order valence-electron chi connectivity index (χ3n) is 2.59. The van der Waals surface area contributed by atoms with Gasteiger partial charge < -0.3 is 9.52 Å². The summed E-state index contributed by atoms with van der Waals surface area (Å²) in [6, 6.07) is 5.38. The van der Waals surface area contributed by atoms with E-state index in [0.717, 1.165) is 5.56 Å². The summed E-state index contributed by atoms with van der Waals surface area (Å²) in [6.45, 7) is 1.89. The van der Waals surface area contributed by atoms with E-state index in [4.69, 9.17) is 9.52 Å². The fraction of sp³-hybridized carbons (Fsp3) is 0.333. The van der Waals surface area contributed by atoms with E-state index in [1.807, 2.05) is 19.1 Å². The van der Waals surface area contributed by atoms with Gasteiger partial charge >= 0.3 is 11.7 Å². The van der Waals surface area contributed by atoms with Gasteiger partial charge in [0.1, 0.15) is 0 Å². The van der Waals surface area contributed by atoms with Gasteiger partial charge in [0.25, 0.3) is 0 Å². The highest BCUT2D eigenvalue weighted by molar-refractivity contribution is 5.72. The highest BCUT2D eigenvalue weighted by atomic mass is 16.4. The van der Waals surface area contributed by atoms with Crippen molar-refractivity contribution in [1.29, 1.82) is 0 Å². The van der Waals surface area contributed by atoms with Crippen LogP contribution in [0.5, 0.6) is 0 Å². The number of aromatic nitrogens is 1. The number of fused-ring (bicyclic) bond motifs is 1. The molecule has 0 saturated heterocycles. The molecule has 1 aromatic carbocycles. The average Bonchev–Trinajstić information content (AvgIpc) is 2.55. The highest BCUT2D eigenvalue weighted by Gasteiger charge is 2.09. The lowest BCUT2D eigenvalue weighted by atomic mass is 9.98. The minimum absolute atomic E-state index is 0.0589. The van der Waals surface area contributed by atoms with E-state index in [9.17, 15) is 9.59 Å². The summed E-state index contributed by atoms with van der Waals surface area (Å²) in [7, 11) is 0. The van der Waals surface area contributed by atoms with Crippen molar-refractivity contribution in [2.75, 3.05) is 0 Å². The van der Waals surface area contributed by atoms with Crippen molar-refractivity contribution in [3.63, 3.8) is 0 Å². The van der Waals surface area contributed by atoms with Crippen LogP contribution in [0.25, 0.3) is 11.1 Å². The summed E-state index contributed by atoms with van der Waals surface area (Å²) < 4.78 is 4.89. The zero-order valence-electron chi connectivity index (χ0n) is 9.40. The van der Waals surface area contributed by atoms with E-state index < -0.39 is 11.7 Å². The summed E-state index contributed by atoms with van der Waals surface area (Å²) >= 11 is 0. The van der Waals surface area contributed by atoms with Gasteiger partial charge in [0.05, 0.1) is 5.52 Å². The van der Waals surface area contributed by atoms with Gasteiger partial charge in [0.15, 0.2) is 5.58 Å². The van der Waals surface area contributed by atoms with Crippen molar-refractivity contribution in [2.45, 2.75) is 19.8 Å². The van der Waals surface area contributed by atoms with E-state index in [-0.39, 0.29) is 12.3 Å². The zero-order chi connectivity index (χ0) is 12.4. The van der Waals surface area contributed by atoms with Crippen molar-refractivity contribution in [2.24, 2.45) is 5.92 Å². The van der Waals surface area contributed by atoms with E-state index >= 15 is 0 Å². The smallest absolute Gasteiger partial charge is 0.417 e. The number of benzene rings is 1. The molecule has 0 aliphatic heterocycles. The minimum Gasteiger partial charge on any atom is -0.481 e. The summed E-state index contributed by atoms with van der Waals surface area (Å²) in [5, 5.41) is 8.67. The Morgan fingerprint density at radius 2 is 2.29 bits per heavy atom. The lowest BCUT2D eigenvalue weighted by Crippen LogP contribution is -2.06. The van der Waals surface area contributed by atoms with Crippen LogP contribution >= 0.6 is 0 Å². The highest BCUT2D eigenvalue weighted by Crippen LogP contribution is 2.16. The Bertz CT molecular complexity index is 596. The molecule has 17 heavy (non-hydrogen) atoms. The molecule has 0 aliphatic rings. The molecule has 1 atom stereocenters. The average molecular weight is 235 g/mol. The first kappa shape index (κ1) is 11.4. The lowest BCUT2D eigenvalue weighted by Gasteiger charge is -2.08. The molecule has 1 aromatic heterocycles. The first-order valence-corrected chi connectivity index (χ1v) is 5.38. The van der Waals surface area contributed by atoms with E-state index in [2.05, 4.69) is 4.98 Å². The predicted molar refractivity (Wildman–Crippen MR) is 62.0 cm³/mol. The maximum atomic E-state index is 11.0. The molecule has 5 nitrogen and oxygen atoms in total. The summed E-state index contributed by atoms with van der Waals surface area (Å²) in [5.41, 5.74) is 2.16. The first-order valence-electron chi connectivity index (χ1n) is 5.38. The number of rotatable bonds is 4. The molecule has 0 fully saturated rings. The van der Waals surface area contributed by atoms with Crippen molar-refractivity contribution in [3.8, 4) is 0 Å². The molecule has 0 bridgehead atoms. The maximum Gasteiger partial charge on any atom is 0.417 e. The Labute approximate surface area is 97.1 Å². The van der Waals surface area contributed by atoms with Crippen LogP contribution in [0, 0.1) is 5.92 Å². The second kappa shape index (κ2) is 4.45. The van der Waals surface area contributed by atoms with Gasteiger partial charge in [0, 0.05) is 6.42 Å². The predicted octanol–water partition coefficient (Wildman–Crippen LogP) is 1.77. The van der Waals surface area contributed by atoms with Crippen molar-refractivity contribution in [3.05, 3.63) is 34.3 Å². The maximum absolute atomic E-state index is 11.0. The fourth-order valence-corrected chi connectivity index (χ4v) is 1.90. The van der Waals surface area contributed by atoms with Crippen LogP contribution in [0.1, 0.15) is 18.9 Å². The number of oxazole rings is 1. The third-order valence-corrected chi connectivity index (χ3v) is 2.59. The van der Waals surface area contributed by atoms with Gasteiger partial charge in [-0.2, -0.15) is 0 Å². The quantitative estimate of drug-likeness (QED) is 0.846. The molecule has 0 amide bonds. The van der Waals surface area contributed by atoms with Crippen LogP contribution in [-0.4, -0.2) is 16.1 Å². The molecule has 5 heteroatoms. The molecule has 1 unspecified atom stereocenters. The Hall–Kier alpha value is -2.04. The van der Waals surface area contributed by atoms with Crippen LogP contribution in [-0.2, 0) is 11.2 Å². The first-order chi connectivity index (χ1) is 8.04. The molecule has 2 aromatic rings. The Kier molecular flexibility index (Phi) is 2.99. The Morgan fingerprint density at radius 3 is 3.00 bits per heavy atom. The van der Waals surface area contributed by atoms with Crippen LogP contribution in [0.2, 0.25) is 0 Å². The molecule has 1 heterocycles. The topological polar surface area (TPSA) is 83.3 Å². The fourth-order valence-electron chi connectivity index (χ4n) is 1.90.